The predicted octanol–water partition coefficient (Wildman–Crippen LogP) is 1.16. The summed E-state index contributed by atoms with van der Waals surface area (Å²) in [6, 6.07) is -0.0701. The second kappa shape index (κ2) is 4.39. The van der Waals surface area contributed by atoms with Crippen molar-refractivity contribution in [1.82, 2.24) is 9.80 Å². The van der Waals surface area contributed by atoms with E-state index in [1.165, 1.54) is 0 Å². The Labute approximate surface area is 101 Å². The summed E-state index contributed by atoms with van der Waals surface area (Å²) in [7, 11) is 1.72. The van der Waals surface area contributed by atoms with Gasteiger partial charge in [0.15, 0.2) is 0 Å². The van der Waals surface area contributed by atoms with Crippen LogP contribution in [0.15, 0.2) is 12.7 Å². The normalized spacial score (nSPS) is 30.4. The average Bonchev–Trinajstić information content (AvgIpc) is 2.85. The lowest BCUT2D eigenvalue weighted by molar-refractivity contribution is -0.142. The molecule has 94 valence electrons. The van der Waals surface area contributed by atoms with E-state index in [0.717, 1.165) is 12.8 Å². The van der Waals surface area contributed by atoms with Gasteiger partial charge in [-0.15, -0.1) is 6.58 Å². The molecule has 17 heavy (non-hydrogen) atoms. The van der Waals surface area contributed by atoms with Gasteiger partial charge in [-0.05, 0) is 19.3 Å². The molecule has 0 radical (unpaired) electrons. The van der Waals surface area contributed by atoms with Crippen molar-refractivity contribution in [3.05, 3.63) is 12.7 Å². The summed E-state index contributed by atoms with van der Waals surface area (Å²) < 4.78 is 0. The number of nitrogens with zero attached hydrogens (tertiary/aromatic N) is 2. The SMILES string of the molecule is C=CCN(C)C(=O)N1C2CCC1C(C(=O)O)C2. The summed E-state index contributed by atoms with van der Waals surface area (Å²) in [5, 5.41) is 9.11. The van der Waals surface area contributed by atoms with Crippen LogP contribution in [0.5, 0.6) is 0 Å². The topological polar surface area (TPSA) is 60.9 Å². The molecule has 5 nitrogen and oxygen atoms in total. The van der Waals surface area contributed by atoms with E-state index in [1.54, 1.807) is 22.9 Å². The van der Waals surface area contributed by atoms with Gasteiger partial charge in [-0.2, -0.15) is 0 Å². The highest BCUT2D eigenvalue weighted by Gasteiger charge is 2.51. The van der Waals surface area contributed by atoms with Crippen LogP contribution in [0, 0.1) is 5.92 Å². The molecule has 2 aliphatic rings. The first-order valence-electron chi connectivity index (χ1n) is 5.93. The van der Waals surface area contributed by atoms with E-state index in [4.69, 9.17) is 5.11 Å². The fourth-order valence-electron chi connectivity index (χ4n) is 3.02. The smallest absolute Gasteiger partial charge is 0.320 e. The molecule has 2 saturated heterocycles. The average molecular weight is 238 g/mol. The summed E-state index contributed by atoms with van der Waals surface area (Å²) in [5.41, 5.74) is 0. The monoisotopic (exact) mass is 238 g/mol. The Balaban J connectivity index is 2.10. The molecule has 5 heteroatoms. The number of carboxylic acid groups (broad SMARTS) is 1. The van der Waals surface area contributed by atoms with Crippen molar-refractivity contribution in [2.24, 2.45) is 5.92 Å². The lowest BCUT2D eigenvalue weighted by Crippen LogP contribution is -2.45. The molecule has 2 amide bonds. The van der Waals surface area contributed by atoms with Gasteiger partial charge in [0.2, 0.25) is 0 Å². The van der Waals surface area contributed by atoms with Crippen LogP contribution in [0.25, 0.3) is 0 Å². The fraction of sp³-hybridized carbons (Fsp3) is 0.667. The Hall–Kier alpha value is -1.52. The molecule has 0 spiro atoms. The molecule has 0 saturated carbocycles. The highest BCUT2D eigenvalue weighted by molar-refractivity contribution is 5.79. The van der Waals surface area contributed by atoms with E-state index in [0.29, 0.717) is 13.0 Å². The zero-order chi connectivity index (χ0) is 12.6. The van der Waals surface area contributed by atoms with Gasteiger partial charge in [0.05, 0.1) is 5.92 Å². The van der Waals surface area contributed by atoms with Gasteiger partial charge < -0.3 is 14.9 Å². The highest BCUT2D eigenvalue weighted by atomic mass is 16.4. The maximum absolute atomic E-state index is 12.2. The van der Waals surface area contributed by atoms with Crippen LogP contribution in [0.2, 0.25) is 0 Å². The maximum Gasteiger partial charge on any atom is 0.320 e. The number of likely N-dealkylation sites (N-methyl/N-ethyl adjacent to an activating group) is 1. The zero-order valence-electron chi connectivity index (χ0n) is 10.0. The first-order valence-corrected chi connectivity index (χ1v) is 5.93. The van der Waals surface area contributed by atoms with Crippen molar-refractivity contribution in [3.63, 3.8) is 0 Å². The molecule has 0 aromatic carbocycles. The second-order valence-electron chi connectivity index (χ2n) is 4.84. The summed E-state index contributed by atoms with van der Waals surface area (Å²) in [6.45, 7) is 4.09. The van der Waals surface area contributed by atoms with E-state index in [1.807, 2.05) is 0 Å². The third-order valence-electron chi connectivity index (χ3n) is 3.80. The molecule has 3 unspecified atom stereocenters. The number of hydrogen-bond acceptors (Lipinski definition) is 2. The van der Waals surface area contributed by atoms with Crippen LogP contribution in [0.3, 0.4) is 0 Å². The second-order valence-corrected chi connectivity index (χ2v) is 4.84. The highest BCUT2D eigenvalue weighted by Crippen LogP contribution is 2.42. The van der Waals surface area contributed by atoms with Gasteiger partial charge >= 0.3 is 12.0 Å². The minimum absolute atomic E-state index is 0.0684. The largest absolute Gasteiger partial charge is 0.481 e. The Morgan fingerprint density at radius 1 is 1.53 bits per heavy atom. The molecule has 2 fully saturated rings. The molecule has 2 bridgehead atoms. The van der Waals surface area contributed by atoms with Crippen LogP contribution >= 0.6 is 0 Å². The van der Waals surface area contributed by atoms with Crippen molar-refractivity contribution in [2.45, 2.75) is 31.3 Å². The van der Waals surface area contributed by atoms with Crippen molar-refractivity contribution in [2.75, 3.05) is 13.6 Å². The Kier molecular flexibility index (Phi) is 3.09. The number of fused-ring (bicyclic) bond motifs is 2. The predicted molar refractivity (Wildman–Crippen MR) is 62.6 cm³/mol. The Morgan fingerprint density at radius 2 is 2.24 bits per heavy atom. The number of hydrogen-bond donors (Lipinski definition) is 1. The minimum Gasteiger partial charge on any atom is -0.481 e. The van der Waals surface area contributed by atoms with Crippen LogP contribution in [-0.2, 0) is 4.79 Å². The summed E-state index contributed by atoms with van der Waals surface area (Å²) in [4.78, 5) is 26.6. The standard InChI is InChI=1S/C12H18N2O3/c1-3-6-13(2)12(17)14-8-4-5-10(14)9(7-8)11(15)16/h3,8-10H,1,4-7H2,2H3,(H,15,16). The number of amides is 2. The number of carbonyl (C=O) groups is 2. The molecule has 2 aliphatic heterocycles. The Morgan fingerprint density at radius 3 is 2.76 bits per heavy atom. The van der Waals surface area contributed by atoms with Gasteiger partial charge in [-0.3, -0.25) is 4.79 Å². The van der Waals surface area contributed by atoms with E-state index in [9.17, 15) is 9.59 Å². The van der Waals surface area contributed by atoms with Gasteiger partial charge in [-0.1, -0.05) is 6.08 Å². The molecule has 2 rings (SSSR count). The lowest BCUT2D eigenvalue weighted by Gasteiger charge is -2.28. The maximum atomic E-state index is 12.2. The summed E-state index contributed by atoms with van der Waals surface area (Å²) >= 11 is 0. The minimum atomic E-state index is -0.777. The third-order valence-corrected chi connectivity index (χ3v) is 3.80. The van der Waals surface area contributed by atoms with E-state index in [-0.39, 0.29) is 24.0 Å². The quantitative estimate of drug-likeness (QED) is 0.750. The van der Waals surface area contributed by atoms with E-state index >= 15 is 0 Å². The summed E-state index contributed by atoms with van der Waals surface area (Å²) in [6.07, 6.45) is 4.02. The molecular weight excluding hydrogens is 220 g/mol. The van der Waals surface area contributed by atoms with E-state index in [2.05, 4.69) is 6.58 Å². The number of carbonyl (C=O) groups excluding carboxylic acids is 1. The first kappa shape index (κ1) is 12.0. The van der Waals surface area contributed by atoms with Gasteiger partial charge in [0, 0.05) is 25.7 Å². The molecule has 0 aliphatic carbocycles. The van der Waals surface area contributed by atoms with Crippen LogP contribution in [0.1, 0.15) is 19.3 Å². The van der Waals surface area contributed by atoms with Crippen LogP contribution in [-0.4, -0.2) is 52.6 Å². The van der Waals surface area contributed by atoms with Crippen molar-refractivity contribution in [1.29, 1.82) is 0 Å². The molecular formula is C12H18N2O3. The van der Waals surface area contributed by atoms with Crippen LogP contribution in [0.4, 0.5) is 4.79 Å². The van der Waals surface area contributed by atoms with Crippen LogP contribution < -0.4 is 0 Å². The fourth-order valence-corrected chi connectivity index (χ4v) is 3.02. The van der Waals surface area contributed by atoms with Gasteiger partial charge in [0.1, 0.15) is 0 Å². The van der Waals surface area contributed by atoms with E-state index < -0.39 is 5.97 Å². The first-order chi connectivity index (χ1) is 8.06. The number of carboxylic acids is 1. The molecule has 3 atom stereocenters. The lowest BCUT2D eigenvalue weighted by atomic mass is 9.89. The van der Waals surface area contributed by atoms with Crippen molar-refractivity contribution < 1.29 is 14.7 Å². The number of aliphatic carboxylic acids is 1. The molecule has 0 aromatic heterocycles. The number of urea groups is 1. The van der Waals surface area contributed by atoms with Gasteiger partial charge in [0.25, 0.3) is 0 Å². The molecule has 2 heterocycles. The Bertz CT molecular complexity index is 356. The molecule has 0 aromatic rings. The zero-order valence-corrected chi connectivity index (χ0v) is 10.0. The third kappa shape index (κ3) is 1.90. The van der Waals surface area contributed by atoms with Gasteiger partial charge in [-0.25, -0.2) is 4.79 Å². The molecule has 1 N–H and O–H groups in total. The van der Waals surface area contributed by atoms with Crippen molar-refractivity contribution >= 4 is 12.0 Å². The number of rotatable bonds is 3. The van der Waals surface area contributed by atoms with Crippen molar-refractivity contribution in [3.8, 4) is 0 Å². The summed E-state index contributed by atoms with van der Waals surface area (Å²) in [5.74, 6) is -1.16.